The van der Waals surface area contributed by atoms with Crippen LogP contribution in [0.3, 0.4) is 0 Å². The SMILES string of the molecule is CC1CCn2c(nc3c2CCCC3)C1. The molecular formula is C12H18N2. The lowest BCUT2D eigenvalue weighted by Crippen LogP contribution is -2.19. The number of aryl methyl sites for hydroxylation is 1. The second-order valence-corrected chi connectivity index (χ2v) is 4.88. The molecule has 1 aromatic heterocycles. The van der Waals surface area contributed by atoms with E-state index in [2.05, 4.69) is 11.5 Å². The van der Waals surface area contributed by atoms with E-state index in [9.17, 15) is 0 Å². The van der Waals surface area contributed by atoms with Gasteiger partial charge in [0.1, 0.15) is 5.82 Å². The molecule has 2 nitrogen and oxygen atoms in total. The maximum absolute atomic E-state index is 4.80. The van der Waals surface area contributed by atoms with Gasteiger partial charge in [0, 0.05) is 18.7 Å². The summed E-state index contributed by atoms with van der Waals surface area (Å²) >= 11 is 0. The third kappa shape index (κ3) is 1.20. The van der Waals surface area contributed by atoms with E-state index in [0.717, 1.165) is 5.92 Å². The van der Waals surface area contributed by atoms with Gasteiger partial charge in [-0.1, -0.05) is 6.92 Å². The van der Waals surface area contributed by atoms with E-state index < -0.39 is 0 Å². The molecule has 0 aromatic carbocycles. The van der Waals surface area contributed by atoms with Crippen molar-refractivity contribution in [3.8, 4) is 0 Å². The molecule has 0 amide bonds. The molecule has 0 radical (unpaired) electrons. The minimum absolute atomic E-state index is 0.839. The molecule has 0 saturated heterocycles. The van der Waals surface area contributed by atoms with Crippen LogP contribution in [-0.2, 0) is 25.8 Å². The van der Waals surface area contributed by atoms with Crippen molar-refractivity contribution >= 4 is 0 Å². The first kappa shape index (κ1) is 8.51. The molecule has 2 aliphatic rings. The molecule has 0 N–H and O–H groups in total. The van der Waals surface area contributed by atoms with Gasteiger partial charge in [-0.05, 0) is 38.0 Å². The largest absolute Gasteiger partial charge is 0.332 e. The van der Waals surface area contributed by atoms with Gasteiger partial charge in [-0.15, -0.1) is 0 Å². The second-order valence-electron chi connectivity index (χ2n) is 4.88. The Labute approximate surface area is 85.3 Å². The Morgan fingerprint density at radius 1 is 1.29 bits per heavy atom. The highest BCUT2D eigenvalue weighted by Crippen LogP contribution is 2.27. The highest BCUT2D eigenvalue weighted by molar-refractivity contribution is 5.21. The van der Waals surface area contributed by atoms with Crippen molar-refractivity contribution in [1.82, 2.24) is 9.55 Å². The van der Waals surface area contributed by atoms with Gasteiger partial charge >= 0.3 is 0 Å². The van der Waals surface area contributed by atoms with E-state index in [-0.39, 0.29) is 0 Å². The summed E-state index contributed by atoms with van der Waals surface area (Å²) in [5.74, 6) is 2.21. The van der Waals surface area contributed by atoms with Gasteiger partial charge in [0.15, 0.2) is 0 Å². The van der Waals surface area contributed by atoms with Crippen LogP contribution in [0.15, 0.2) is 0 Å². The van der Waals surface area contributed by atoms with Crippen LogP contribution in [-0.4, -0.2) is 9.55 Å². The summed E-state index contributed by atoms with van der Waals surface area (Å²) in [6.45, 7) is 3.57. The molecule has 1 aromatic rings. The maximum Gasteiger partial charge on any atom is 0.109 e. The quantitative estimate of drug-likeness (QED) is 0.614. The molecule has 1 atom stereocenters. The first-order chi connectivity index (χ1) is 6.84. The number of rotatable bonds is 0. The zero-order chi connectivity index (χ0) is 9.54. The van der Waals surface area contributed by atoms with Crippen molar-refractivity contribution in [2.24, 2.45) is 5.92 Å². The van der Waals surface area contributed by atoms with Gasteiger partial charge in [0.05, 0.1) is 5.69 Å². The van der Waals surface area contributed by atoms with Gasteiger partial charge in [0.2, 0.25) is 0 Å². The van der Waals surface area contributed by atoms with Gasteiger partial charge in [-0.25, -0.2) is 4.98 Å². The number of imidazole rings is 1. The monoisotopic (exact) mass is 190 g/mol. The molecule has 3 rings (SSSR count). The first-order valence-electron chi connectivity index (χ1n) is 5.92. The van der Waals surface area contributed by atoms with Crippen LogP contribution in [0.4, 0.5) is 0 Å². The first-order valence-corrected chi connectivity index (χ1v) is 5.92. The van der Waals surface area contributed by atoms with Crippen LogP contribution < -0.4 is 0 Å². The predicted octanol–water partition coefficient (Wildman–Crippen LogP) is 2.34. The van der Waals surface area contributed by atoms with Crippen LogP contribution in [0.25, 0.3) is 0 Å². The Balaban J connectivity index is 2.04. The molecular weight excluding hydrogens is 172 g/mol. The van der Waals surface area contributed by atoms with Crippen LogP contribution in [0.2, 0.25) is 0 Å². The molecule has 0 spiro atoms. The molecule has 0 fully saturated rings. The fraction of sp³-hybridized carbons (Fsp3) is 0.750. The third-order valence-corrected chi connectivity index (χ3v) is 3.69. The Hall–Kier alpha value is -0.790. The summed E-state index contributed by atoms with van der Waals surface area (Å²) in [7, 11) is 0. The van der Waals surface area contributed by atoms with E-state index >= 15 is 0 Å². The summed E-state index contributed by atoms with van der Waals surface area (Å²) in [6, 6.07) is 0. The lowest BCUT2D eigenvalue weighted by atomic mass is 9.99. The molecule has 2 heteroatoms. The smallest absolute Gasteiger partial charge is 0.109 e. The predicted molar refractivity (Wildman–Crippen MR) is 56.4 cm³/mol. The molecule has 14 heavy (non-hydrogen) atoms. The number of hydrogen-bond donors (Lipinski definition) is 0. The molecule has 2 heterocycles. The van der Waals surface area contributed by atoms with Crippen LogP contribution in [0, 0.1) is 5.92 Å². The zero-order valence-electron chi connectivity index (χ0n) is 8.92. The lowest BCUT2D eigenvalue weighted by Gasteiger charge is -2.22. The van der Waals surface area contributed by atoms with E-state index in [4.69, 9.17) is 4.98 Å². The van der Waals surface area contributed by atoms with Gasteiger partial charge in [-0.3, -0.25) is 0 Å². The highest BCUT2D eigenvalue weighted by atomic mass is 15.1. The normalized spacial score (nSPS) is 25.6. The highest BCUT2D eigenvalue weighted by Gasteiger charge is 2.23. The van der Waals surface area contributed by atoms with Gasteiger partial charge < -0.3 is 4.57 Å². The van der Waals surface area contributed by atoms with E-state index in [0.29, 0.717) is 0 Å². The van der Waals surface area contributed by atoms with Crippen molar-refractivity contribution in [3.05, 3.63) is 17.2 Å². The van der Waals surface area contributed by atoms with Crippen molar-refractivity contribution in [3.63, 3.8) is 0 Å². The van der Waals surface area contributed by atoms with Gasteiger partial charge in [0.25, 0.3) is 0 Å². The number of nitrogens with zero attached hydrogens (tertiary/aromatic N) is 2. The van der Waals surface area contributed by atoms with Crippen LogP contribution in [0.1, 0.15) is 43.4 Å². The van der Waals surface area contributed by atoms with Gasteiger partial charge in [-0.2, -0.15) is 0 Å². The Bertz CT molecular complexity index is 351. The van der Waals surface area contributed by atoms with E-state index in [1.165, 1.54) is 56.6 Å². The van der Waals surface area contributed by atoms with E-state index in [1.807, 2.05) is 0 Å². The summed E-state index contributed by atoms with van der Waals surface area (Å²) in [5.41, 5.74) is 2.98. The molecule has 0 bridgehead atoms. The molecule has 1 aliphatic heterocycles. The topological polar surface area (TPSA) is 17.8 Å². The average Bonchev–Trinajstić information content (AvgIpc) is 2.54. The molecule has 0 saturated carbocycles. The van der Waals surface area contributed by atoms with Crippen LogP contribution in [0.5, 0.6) is 0 Å². The summed E-state index contributed by atoms with van der Waals surface area (Å²) in [5, 5.41) is 0. The lowest BCUT2D eigenvalue weighted by molar-refractivity contribution is 0.401. The Kier molecular flexibility index (Phi) is 1.89. The third-order valence-electron chi connectivity index (χ3n) is 3.69. The summed E-state index contributed by atoms with van der Waals surface area (Å²) < 4.78 is 2.51. The number of hydrogen-bond acceptors (Lipinski definition) is 1. The fourth-order valence-corrected chi connectivity index (χ4v) is 2.84. The fourth-order valence-electron chi connectivity index (χ4n) is 2.84. The maximum atomic E-state index is 4.80. The number of aromatic nitrogens is 2. The number of fused-ring (bicyclic) bond motifs is 3. The van der Waals surface area contributed by atoms with E-state index in [1.54, 1.807) is 5.69 Å². The Morgan fingerprint density at radius 2 is 2.14 bits per heavy atom. The molecule has 76 valence electrons. The molecule has 1 unspecified atom stereocenters. The zero-order valence-corrected chi connectivity index (χ0v) is 8.92. The van der Waals surface area contributed by atoms with Crippen molar-refractivity contribution < 1.29 is 0 Å². The molecule has 1 aliphatic carbocycles. The van der Waals surface area contributed by atoms with Crippen molar-refractivity contribution in [2.45, 2.75) is 52.0 Å². The average molecular weight is 190 g/mol. The Morgan fingerprint density at radius 3 is 3.07 bits per heavy atom. The minimum Gasteiger partial charge on any atom is -0.332 e. The van der Waals surface area contributed by atoms with Crippen molar-refractivity contribution in [2.75, 3.05) is 0 Å². The standard InChI is InChI=1S/C12H18N2/c1-9-6-7-14-11-5-3-2-4-10(11)13-12(14)8-9/h9H,2-8H2,1H3. The van der Waals surface area contributed by atoms with Crippen LogP contribution >= 0.6 is 0 Å². The minimum atomic E-state index is 0.839. The second kappa shape index (κ2) is 3.11. The van der Waals surface area contributed by atoms with Crippen molar-refractivity contribution in [1.29, 1.82) is 0 Å². The summed E-state index contributed by atoms with van der Waals surface area (Å²) in [6.07, 6.45) is 7.76. The summed E-state index contributed by atoms with van der Waals surface area (Å²) in [4.78, 5) is 4.80.